The van der Waals surface area contributed by atoms with Crippen LogP contribution in [0.2, 0.25) is 0 Å². The number of rotatable bonds is 3. The van der Waals surface area contributed by atoms with E-state index >= 15 is 0 Å². The molecule has 20 heavy (non-hydrogen) atoms. The van der Waals surface area contributed by atoms with Crippen LogP contribution in [0.25, 0.3) is 0 Å². The molecule has 0 amide bonds. The van der Waals surface area contributed by atoms with Gasteiger partial charge in [0.15, 0.2) is 0 Å². The van der Waals surface area contributed by atoms with Crippen LogP contribution in [-0.4, -0.2) is 49.3 Å². The molecule has 2 heterocycles. The van der Waals surface area contributed by atoms with Crippen LogP contribution in [-0.2, 0) is 14.2 Å². The fourth-order valence-corrected chi connectivity index (χ4v) is 4.40. The molecule has 0 aromatic carbocycles. The number of hydrogen-bond acceptors (Lipinski definition) is 4. The van der Waals surface area contributed by atoms with Crippen molar-refractivity contribution in [1.82, 2.24) is 0 Å². The maximum atomic E-state index is 11.0. The van der Waals surface area contributed by atoms with Crippen LogP contribution in [0, 0.1) is 5.92 Å². The van der Waals surface area contributed by atoms with Crippen LogP contribution in [0.4, 0.5) is 0 Å². The SMILES string of the molecule is COC1(C(O)C2CCOC3(CCOC3)C2)CCCCC1. The van der Waals surface area contributed by atoms with E-state index in [9.17, 15) is 5.11 Å². The Kier molecular flexibility index (Phi) is 4.37. The highest BCUT2D eigenvalue weighted by molar-refractivity contribution is 4.99. The highest BCUT2D eigenvalue weighted by Crippen LogP contribution is 2.43. The zero-order valence-corrected chi connectivity index (χ0v) is 12.6. The van der Waals surface area contributed by atoms with Crippen LogP contribution in [0.1, 0.15) is 51.4 Å². The summed E-state index contributed by atoms with van der Waals surface area (Å²) in [5, 5.41) is 11.0. The lowest BCUT2D eigenvalue weighted by molar-refractivity contribution is -0.176. The van der Waals surface area contributed by atoms with Gasteiger partial charge in [-0.2, -0.15) is 0 Å². The second-order valence-electron chi connectivity index (χ2n) is 6.86. The number of aliphatic hydroxyl groups is 1. The third-order valence-electron chi connectivity index (χ3n) is 5.69. The van der Waals surface area contributed by atoms with Gasteiger partial charge in [-0.15, -0.1) is 0 Å². The van der Waals surface area contributed by atoms with E-state index in [0.29, 0.717) is 6.61 Å². The summed E-state index contributed by atoms with van der Waals surface area (Å²) in [4.78, 5) is 0. The molecule has 0 radical (unpaired) electrons. The Morgan fingerprint density at radius 2 is 1.95 bits per heavy atom. The molecular weight excluding hydrogens is 256 g/mol. The summed E-state index contributed by atoms with van der Waals surface area (Å²) >= 11 is 0. The van der Waals surface area contributed by atoms with E-state index in [1.165, 1.54) is 19.3 Å². The first-order chi connectivity index (χ1) is 9.70. The Morgan fingerprint density at radius 1 is 1.15 bits per heavy atom. The summed E-state index contributed by atoms with van der Waals surface area (Å²) in [5.41, 5.74) is -0.450. The quantitative estimate of drug-likeness (QED) is 0.864. The molecule has 4 nitrogen and oxygen atoms in total. The molecule has 2 aliphatic heterocycles. The molecule has 3 atom stereocenters. The van der Waals surface area contributed by atoms with Crippen LogP contribution in [0.15, 0.2) is 0 Å². The second-order valence-corrected chi connectivity index (χ2v) is 6.86. The van der Waals surface area contributed by atoms with Crippen LogP contribution >= 0.6 is 0 Å². The molecule has 0 aromatic rings. The van der Waals surface area contributed by atoms with Gasteiger partial charge >= 0.3 is 0 Å². The molecule has 4 heteroatoms. The van der Waals surface area contributed by atoms with Crippen molar-refractivity contribution in [1.29, 1.82) is 0 Å². The maximum absolute atomic E-state index is 11.0. The molecule has 1 saturated carbocycles. The molecule has 1 N–H and O–H groups in total. The van der Waals surface area contributed by atoms with Crippen molar-refractivity contribution >= 4 is 0 Å². The normalized spacial score (nSPS) is 39.0. The summed E-state index contributed by atoms with van der Waals surface area (Å²) in [7, 11) is 1.77. The molecule has 0 bridgehead atoms. The zero-order valence-electron chi connectivity index (χ0n) is 12.6. The largest absolute Gasteiger partial charge is 0.390 e. The van der Waals surface area contributed by atoms with Crippen LogP contribution in [0.3, 0.4) is 0 Å². The minimum absolute atomic E-state index is 0.131. The van der Waals surface area contributed by atoms with E-state index in [4.69, 9.17) is 14.2 Å². The summed E-state index contributed by atoms with van der Waals surface area (Å²) in [5.74, 6) is 0.281. The predicted molar refractivity (Wildman–Crippen MR) is 75.7 cm³/mol. The average molecular weight is 284 g/mol. The number of methoxy groups -OCH3 is 1. The fraction of sp³-hybridized carbons (Fsp3) is 1.00. The Hall–Kier alpha value is -0.160. The maximum Gasteiger partial charge on any atom is 0.0940 e. The summed E-state index contributed by atoms with van der Waals surface area (Å²) in [6, 6.07) is 0. The monoisotopic (exact) mass is 284 g/mol. The van der Waals surface area contributed by atoms with Gasteiger partial charge in [0.25, 0.3) is 0 Å². The first kappa shape index (κ1) is 14.8. The Balaban J connectivity index is 1.70. The average Bonchev–Trinajstić information content (AvgIpc) is 2.95. The van der Waals surface area contributed by atoms with Gasteiger partial charge in [0.2, 0.25) is 0 Å². The Morgan fingerprint density at radius 3 is 2.60 bits per heavy atom. The Labute approximate surface area is 121 Å². The van der Waals surface area contributed by atoms with Gasteiger partial charge in [-0.25, -0.2) is 0 Å². The Bertz CT molecular complexity index is 318. The highest BCUT2D eigenvalue weighted by Gasteiger charge is 2.48. The van der Waals surface area contributed by atoms with Gasteiger partial charge in [0, 0.05) is 26.7 Å². The topological polar surface area (TPSA) is 47.9 Å². The van der Waals surface area contributed by atoms with Crippen molar-refractivity contribution in [3.63, 3.8) is 0 Å². The van der Waals surface area contributed by atoms with Crippen molar-refractivity contribution in [2.75, 3.05) is 26.9 Å². The van der Waals surface area contributed by atoms with Gasteiger partial charge in [0.05, 0.1) is 23.9 Å². The molecule has 2 saturated heterocycles. The van der Waals surface area contributed by atoms with Crippen molar-refractivity contribution in [3.8, 4) is 0 Å². The standard InChI is InChI=1S/C16H28O4/c1-18-16(6-3-2-4-7-16)14(17)13-5-9-20-15(11-13)8-10-19-12-15/h13-14,17H,2-12H2,1H3. The lowest BCUT2D eigenvalue weighted by Crippen LogP contribution is -2.53. The lowest BCUT2D eigenvalue weighted by atomic mass is 9.71. The predicted octanol–water partition coefficient (Wildman–Crippen LogP) is 2.28. The smallest absolute Gasteiger partial charge is 0.0940 e. The van der Waals surface area contributed by atoms with Gasteiger partial charge in [-0.3, -0.25) is 0 Å². The van der Waals surface area contributed by atoms with Crippen molar-refractivity contribution in [3.05, 3.63) is 0 Å². The van der Waals surface area contributed by atoms with Crippen molar-refractivity contribution in [2.24, 2.45) is 5.92 Å². The molecule has 3 unspecified atom stereocenters. The molecule has 3 fully saturated rings. The van der Waals surface area contributed by atoms with E-state index in [1.54, 1.807) is 7.11 Å². The molecule has 3 rings (SSSR count). The fourth-order valence-electron chi connectivity index (χ4n) is 4.40. The minimum atomic E-state index is -0.367. The molecule has 3 aliphatic rings. The highest BCUT2D eigenvalue weighted by atomic mass is 16.6. The summed E-state index contributed by atoms with van der Waals surface area (Å²) in [6.45, 7) is 2.22. The zero-order chi connectivity index (χ0) is 14.1. The molecule has 1 aliphatic carbocycles. The van der Waals surface area contributed by atoms with E-state index in [2.05, 4.69) is 0 Å². The van der Waals surface area contributed by atoms with Crippen LogP contribution < -0.4 is 0 Å². The lowest BCUT2D eigenvalue weighted by Gasteiger charge is -2.46. The van der Waals surface area contributed by atoms with Crippen molar-refractivity contribution < 1.29 is 19.3 Å². The summed E-state index contributed by atoms with van der Waals surface area (Å²) < 4.78 is 17.3. The van der Waals surface area contributed by atoms with E-state index in [0.717, 1.165) is 45.3 Å². The van der Waals surface area contributed by atoms with Gasteiger partial charge in [-0.1, -0.05) is 19.3 Å². The molecule has 0 aromatic heterocycles. The van der Waals surface area contributed by atoms with Crippen molar-refractivity contribution in [2.45, 2.75) is 68.7 Å². The van der Waals surface area contributed by atoms with Gasteiger partial charge in [0.1, 0.15) is 0 Å². The number of hydrogen-bond donors (Lipinski definition) is 1. The first-order valence-corrected chi connectivity index (χ1v) is 8.15. The van der Waals surface area contributed by atoms with Gasteiger partial charge < -0.3 is 19.3 Å². The third-order valence-corrected chi connectivity index (χ3v) is 5.69. The third kappa shape index (κ3) is 2.63. The molecular formula is C16H28O4. The van der Waals surface area contributed by atoms with Gasteiger partial charge in [-0.05, 0) is 31.6 Å². The summed E-state index contributed by atoms with van der Waals surface area (Å²) in [6.07, 6.45) is 8.04. The van der Waals surface area contributed by atoms with E-state index < -0.39 is 0 Å². The van der Waals surface area contributed by atoms with E-state index in [1.807, 2.05) is 0 Å². The van der Waals surface area contributed by atoms with Crippen LogP contribution in [0.5, 0.6) is 0 Å². The van der Waals surface area contributed by atoms with E-state index in [-0.39, 0.29) is 23.2 Å². The molecule has 116 valence electrons. The minimum Gasteiger partial charge on any atom is -0.390 e. The number of aliphatic hydroxyl groups excluding tert-OH is 1. The number of ether oxygens (including phenoxy) is 3. The second kappa shape index (κ2) is 5.91. The first-order valence-electron chi connectivity index (χ1n) is 8.15. The molecule has 1 spiro atoms.